The monoisotopic (exact) mass is 333 g/mol. The maximum atomic E-state index is 11.1. The highest BCUT2D eigenvalue weighted by Gasteiger charge is 2.18. The number of carbonyl (C=O) groups is 1. The van der Waals surface area contributed by atoms with Crippen molar-refractivity contribution >= 4 is 39.3 Å². The average molecular weight is 334 g/mol. The molecule has 0 aliphatic rings. The van der Waals surface area contributed by atoms with Gasteiger partial charge in [0, 0.05) is 15.8 Å². The van der Waals surface area contributed by atoms with E-state index < -0.39 is 4.92 Å². The van der Waals surface area contributed by atoms with E-state index in [4.69, 9.17) is 0 Å². The van der Waals surface area contributed by atoms with Crippen molar-refractivity contribution in [3.8, 4) is 0 Å². The van der Waals surface area contributed by atoms with Crippen molar-refractivity contribution < 1.29 is 14.5 Å². The summed E-state index contributed by atoms with van der Waals surface area (Å²) in [6.07, 6.45) is 0.213. The molecular weight excluding hydrogens is 322 g/mol. The van der Waals surface area contributed by atoms with Crippen LogP contribution in [0.5, 0.6) is 0 Å². The fourth-order valence-electron chi connectivity index (χ4n) is 1.31. The molecule has 0 aliphatic heterocycles. The molecule has 1 rings (SSSR count). The van der Waals surface area contributed by atoms with E-state index in [1.165, 1.54) is 24.9 Å². The molecule has 18 heavy (non-hydrogen) atoms. The molecule has 0 saturated heterocycles. The summed E-state index contributed by atoms with van der Waals surface area (Å²) in [4.78, 5) is 22.1. The van der Waals surface area contributed by atoms with E-state index in [0.29, 0.717) is 4.90 Å². The summed E-state index contributed by atoms with van der Waals surface area (Å²) in [5.41, 5.74) is 0.0416. The fourth-order valence-corrected chi connectivity index (χ4v) is 2.93. The quantitative estimate of drug-likeness (QED) is 0.357. The Kier molecular flexibility index (Phi) is 5.61. The first kappa shape index (κ1) is 15.0. The Morgan fingerprint density at radius 1 is 1.61 bits per heavy atom. The molecule has 5 nitrogen and oxygen atoms in total. The largest absolute Gasteiger partial charge is 0.469 e. The van der Waals surface area contributed by atoms with Gasteiger partial charge in [-0.3, -0.25) is 14.9 Å². The number of nitrogens with zero attached hydrogens (tertiary/aromatic N) is 1. The van der Waals surface area contributed by atoms with Gasteiger partial charge in [-0.2, -0.15) is 0 Å². The number of benzene rings is 1. The molecule has 0 aromatic heterocycles. The van der Waals surface area contributed by atoms with Gasteiger partial charge < -0.3 is 4.74 Å². The van der Waals surface area contributed by atoms with Crippen molar-refractivity contribution in [2.75, 3.05) is 7.11 Å². The Balaban J connectivity index is 2.85. The number of halogens is 1. The highest BCUT2D eigenvalue weighted by Crippen LogP contribution is 2.35. The highest BCUT2D eigenvalue weighted by atomic mass is 79.9. The second-order valence-electron chi connectivity index (χ2n) is 3.58. The summed E-state index contributed by atoms with van der Waals surface area (Å²) in [5, 5.41) is 10.8. The van der Waals surface area contributed by atoms with Gasteiger partial charge in [0.1, 0.15) is 0 Å². The molecular formula is C11H12BrNO4S. The lowest BCUT2D eigenvalue weighted by molar-refractivity contribution is -0.387. The van der Waals surface area contributed by atoms with Crippen molar-refractivity contribution in [3.05, 3.63) is 32.8 Å². The van der Waals surface area contributed by atoms with Gasteiger partial charge >= 0.3 is 5.97 Å². The second kappa shape index (κ2) is 6.75. The van der Waals surface area contributed by atoms with Gasteiger partial charge in [-0.1, -0.05) is 22.9 Å². The van der Waals surface area contributed by atoms with Crippen molar-refractivity contribution in [2.45, 2.75) is 23.5 Å². The molecule has 98 valence electrons. The highest BCUT2D eigenvalue weighted by molar-refractivity contribution is 9.10. The fraction of sp³-hybridized carbons (Fsp3) is 0.364. The van der Waals surface area contributed by atoms with Crippen LogP contribution in [0.15, 0.2) is 27.6 Å². The van der Waals surface area contributed by atoms with Gasteiger partial charge in [-0.25, -0.2) is 0 Å². The molecule has 0 N–H and O–H groups in total. The zero-order valence-electron chi connectivity index (χ0n) is 9.88. The lowest BCUT2D eigenvalue weighted by Crippen LogP contribution is -2.08. The van der Waals surface area contributed by atoms with E-state index in [-0.39, 0.29) is 23.3 Å². The van der Waals surface area contributed by atoms with Crippen LogP contribution in [0.2, 0.25) is 0 Å². The van der Waals surface area contributed by atoms with Crippen LogP contribution in [0, 0.1) is 10.1 Å². The van der Waals surface area contributed by atoms with Crippen LogP contribution < -0.4 is 0 Å². The van der Waals surface area contributed by atoms with Gasteiger partial charge in [0.15, 0.2) is 0 Å². The Labute approximate surface area is 117 Å². The number of nitro groups is 1. The molecule has 0 fully saturated rings. The zero-order valence-corrected chi connectivity index (χ0v) is 12.3. The minimum atomic E-state index is -0.431. The molecule has 1 aromatic carbocycles. The third-order valence-corrected chi connectivity index (χ3v) is 3.77. The van der Waals surface area contributed by atoms with Gasteiger partial charge in [0.2, 0.25) is 0 Å². The molecule has 0 radical (unpaired) electrons. The third-order valence-electron chi connectivity index (χ3n) is 2.13. The number of carbonyl (C=O) groups excluding carboxylic acids is 1. The van der Waals surface area contributed by atoms with Crippen LogP contribution in [0.1, 0.15) is 13.3 Å². The van der Waals surface area contributed by atoms with Crippen LogP contribution in [0.4, 0.5) is 5.69 Å². The maximum Gasteiger partial charge on any atom is 0.306 e. The van der Waals surface area contributed by atoms with Crippen molar-refractivity contribution in [3.63, 3.8) is 0 Å². The molecule has 0 aliphatic carbocycles. The van der Waals surface area contributed by atoms with Crippen LogP contribution in [0.3, 0.4) is 0 Å². The van der Waals surface area contributed by atoms with Gasteiger partial charge in [0.05, 0.1) is 23.3 Å². The number of ether oxygens (including phenoxy) is 1. The van der Waals surface area contributed by atoms with Crippen molar-refractivity contribution in [1.29, 1.82) is 0 Å². The van der Waals surface area contributed by atoms with Crippen LogP contribution >= 0.6 is 27.7 Å². The first-order valence-electron chi connectivity index (χ1n) is 5.11. The summed E-state index contributed by atoms with van der Waals surface area (Å²) in [6.45, 7) is 1.83. The number of hydrogen-bond acceptors (Lipinski definition) is 5. The predicted molar refractivity (Wildman–Crippen MR) is 72.7 cm³/mol. The molecule has 0 bridgehead atoms. The predicted octanol–water partition coefficient (Wildman–Crippen LogP) is 3.40. The second-order valence-corrected chi connectivity index (χ2v) is 5.97. The molecule has 0 heterocycles. The number of rotatable bonds is 5. The minimum Gasteiger partial charge on any atom is -0.469 e. The Morgan fingerprint density at radius 3 is 2.83 bits per heavy atom. The number of nitro benzene ring substituents is 1. The number of esters is 1. The molecule has 1 unspecified atom stereocenters. The summed E-state index contributed by atoms with van der Waals surface area (Å²) >= 11 is 4.56. The maximum absolute atomic E-state index is 11.1. The van der Waals surface area contributed by atoms with E-state index in [1.807, 2.05) is 6.92 Å². The Morgan fingerprint density at radius 2 is 2.28 bits per heavy atom. The van der Waals surface area contributed by atoms with Gasteiger partial charge in [0.25, 0.3) is 5.69 Å². The average Bonchev–Trinajstić information content (AvgIpc) is 2.28. The smallest absolute Gasteiger partial charge is 0.306 e. The normalized spacial score (nSPS) is 11.9. The van der Waals surface area contributed by atoms with Gasteiger partial charge in [-0.05, 0) is 12.1 Å². The zero-order chi connectivity index (χ0) is 13.7. The first-order valence-corrected chi connectivity index (χ1v) is 6.78. The standard InChI is InChI=1S/C11H12BrNO4S/c1-7(5-11(14)17-2)18-10-6-8(12)3-4-9(10)13(15)16/h3-4,6-7H,5H2,1-2H3. The summed E-state index contributed by atoms with van der Waals surface area (Å²) in [5.74, 6) is -0.326. The summed E-state index contributed by atoms with van der Waals surface area (Å²) in [6, 6.07) is 4.74. The van der Waals surface area contributed by atoms with E-state index in [2.05, 4.69) is 20.7 Å². The molecule has 0 spiro atoms. The molecule has 7 heteroatoms. The molecule has 1 aromatic rings. The lowest BCUT2D eigenvalue weighted by atomic mass is 10.3. The first-order chi connectivity index (χ1) is 8.43. The van der Waals surface area contributed by atoms with Crippen LogP contribution in [-0.4, -0.2) is 23.3 Å². The topological polar surface area (TPSA) is 69.4 Å². The third kappa shape index (κ3) is 4.30. The molecule has 1 atom stereocenters. The van der Waals surface area contributed by atoms with E-state index in [1.54, 1.807) is 12.1 Å². The van der Waals surface area contributed by atoms with E-state index >= 15 is 0 Å². The summed E-state index contributed by atoms with van der Waals surface area (Å²) in [7, 11) is 1.32. The molecule has 0 amide bonds. The van der Waals surface area contributed by atoms with Gasteiger partial charge in [-0.15, -0.1) is 11.8 Å². The number of thioether (sulfide) groups is 1. The number of methoxy groups -OCH3 is 1. The molecule has 0 saturated carbocycles. The minimum absolute atomic E-state index is 0.0416. The van der Waals surface area contributed by atoms with E-state index in [9.17, 15) is 14.9 Å². The SMILES string of the molecule is COC(=O)CC(C)Sc1cc(Br)ccc1[N+](=O)[O-]. The number of hydrogen-bond donors (Lipinski definition) is 0. The van der Waals surface area contributed by atoms with Crippen LogP contribution in [-0.2, 0) is 9.53 Å². The summed E-state index contributed by atoms with van der Waals surface area (Å²) < 4.78 is 5.33. The Hall–Kier alpha value is -1.08. The van der Waals surface area contributed by atoms with Crippen LogP contribution in [0.25, 0.3) is 0 Å². The van der Waals surface area contributed by atoms with E-state index in [0.717, 1.165) is 4.47 Å². The lowest BCUT2D eigenvalue weighted by Gasteiger charge is -2.10. The van der Waals surface area contributed by atoms with Crippen molar-refractivity contribution in [1.82, 2.24) is 0 Å². The van der Waals surface area contributed by atoms with Crippen molar-refractivity contribution in [2.24, 2.45) is 0 Å². The Bertz CT molecular complexity index is 466.